The number of carbonyl (C=O) groups excluding carboxylic acids is 1. The van der Waals surface area contributed by atoms with Crippen molar-refractivity contribution in [1.82, 2.24) is 0 Å². The van der Waals surface area contributed by atoms with Gasteiger partial charge < -0.3 is 5.11 Å². The molecule has 1 fully saturated rings. The van der Waals surface area contributed by atoms with Crippen LogP contribution in [0.1, 0.15) is 0 Å². The van der Waals surface area contributed by atoms with Crippen LogP contribution in [0, 0.1) is 11.8 Å². The maximum Gasteiger partial charge on any atom is 0.163 e. The second-order valence-electron chi connectivity index (χ2n) is 5.28. The molecular formula is C11H14O2Si. The molecule has 3 rings (SSSR count). The average molecular weight is 206 g/mol. The Morgan fingerprint density at radius 1 is 1.21 bits per heavy atom. The van der Waals surface area contributed by atoms with Crippen molar-refractivity contribution in [3.05, 3.63) is 24.0 Å². The molecule has 0 saturated carbocycles. The zero-order valence-corrected chi connectivity index (χ0v) is 9.40. The summed E-state index contributed by atoms with van der Waals surface area (Å²) in [7, 11) is -1.35. The van der Waals surface area contributed by atoms with Gasteiger partial charge in [-0.15, -0.1) is 0 Å². The summed E-state index contributed by atoms with van der Waals surface area (Å²) in [6.07, 6.45) is 5.91. The van der Waals surface area contributed by atoms with E-state index in [0.29, 0.717) is 16.8 Å². The normalized spacial score (nSPS) is 47.0. The predicted molar refractivity (Wildman–Crippen MR) is 56.8 cm³/mol. The molecule has 1 aliphatic carbocycles. The van der Waals surface area contributed by atoms with E-state index in [1.165, 1.54) is 6.08 Å². The second-order valence-corrected chi connectivity index (χ2v) is 10.3. The molecule has 0 spiro atoms. The Morgan fingerprint density at radius 2 is 1.79 bits per heavy atom. The lowest BCUT2D eigenvalue weighted by molar-refractivity contribution is -0.118. The molecule has 14 heavy (non-hydrogen) atoms. The number of allylic oxidation sites excluding steroid dienone is 4. The van der Waals surface area contributed by atoms with Crippen LogP contribution in [0.3, 0.4) is 0 Å². The highest BCUT2D eigenvalue weighted by atomic mass is 28.3. The summed E-state index contributed by atoms with van der Waals surface area (Å²) in [5.74, 6) is 0.730. The van der Waals surface area contributed by atoms with Gasteiger partial charge >= 0.3 is 0 Å². The van der Waals surface area contributed by atoms with Gasteiger partial charge in [0.25, 0.3) is 0 Å². The smallest absolute Gasteiger partial charge is 0.163 e. The van der Waals surface area contributed by atoms with Crippen LogP contribution in [0.5, 0.6) is 0 Å². The molecule has 3 heteroatoms. The average Bonchev–Trinajstić information content (AvgIpc) is 2.63. The molecular weight excluding hydrogens is 192 g/mol. The van der Waals surface area contributed by atoms with Crippen molar-refractivity contribution in [3.8, 4) is 0 Å². The first-order chi connectivity index (χ1) is 6.53. The molecule has 0 radical (unpaired) electrons. The van der Waals surface area contributed by atoms with Crippen molar-refractivity contribution in [2.45, 2.75) is 24.2 Å². The highest BCUT2D eigenvalue weighted by Gasteiger charge is 2.62. The SMILES string of the molecule is C[Si]1(C)[C@H]2C=C[C@H]1[C@@H]1C(O)=CC(=O)[C@H]12. The van der Waals surface area contributed by atoms with Crippen molar-refractivity contribution in [2.75, 3.05) is 0 Å². The van der Waals surface area contributed by atoms with Crippen LogP contribution in [0.25, 0.3) is 0 Å². The predicted octanol–water partition coefficient (Wildman–Crippen LogP) is 2.28. The minimum atomic E-state index is -1.35. The lowest BCUT2D eigenvalue weighted by Crippen LogP contribution is -2.29. The number of aliphatic hydroxyl groups is 1. The lowest BCUT2D eigenvalue weighted by atomic mass is 9.84. The summed E-state index contributed by atoms with van der Waals surface area (Å²) in [5.41, 5.74) is 0.950. The van der Waals surface area contributed by atoms with Crippen LogP contribution in [0.15, 0.2) is 24.0 Å². The standard InChI is InChI=1S/C11H14O2Si/c1-14(2)8-3-4-9(14)11-7(13)5-6(12)10(8)11/h3-5,8-12H,1-2H3/t8-,9-,10-,11-/m0/s1. The van der Waals surface area contributed by atoms with Gasteiger partial charge in [-0.25, -0.2) is 0 Å². The van der Waals surface area contributed by atoms with E-state index in [-0.39, 0.29) is 17.6 Å². The van der Waals surface area contributed by atoms with Crippen LogP contribution in [0.2, 0.25) is 24.2 Å². The van der Waals surface area contributed by atoms with E-state index in [9.17, 15) is 9.90 Å². The largest absolute Gasteiger partial charge is 0.512 e. The Balaban J connectivity index is 2.13. The first-order valence-electron chi connectivity index (χ1n) is 5.16. The van der Waals surface area contributed by atoms with Gasteiger partial charge in [0.1, 0.15) is 0 Å². The van der Waals surface area contributed by atoms with Gasteiger partial charge in [0.05, 0.1) is 13.8 Å². The third-order valence-corrected chi connectivity index (χ3v) is 8.90. The topological polar surface area (TPSA) is 37.3 Å². The van der Waals surface area contributed by atoms with Gasteiger partial charge in [-0.3, -0.25) is 4.79 Å². The van der Waals surface area contributed by atoms with Crippen LogP contribution in [0.4, 0.5) is 0 Å². The van der Waals surface area contributed by atoms with E-state index in [1.54, 1.807) is 0 Å². The Kier molecular flexibility index (Phi) is 1.34. The maximum atomic E-state index is 11.7. The zero-order valence-electron chi connectivity index (χ0n) is 8.40. The molecule has 2 heterocycles. The Hall–Kier alpha value is -0.833. The molecule has 4 atom stereocenters. The van der Waals surface area contributed by atoms with Crippen molar-refractivity contribution >= 4 is 13.9 Å². The minimum Gasteiger partial charge on any atom is -0.512 e. The fraction of sp³-hybridized carbons (Fsp3) is 0.545. The van der Waals surface area contributed by atoms with Crippen molar-refractivity contribution in [2.24, 2.45) is 11.8 Å². The molecule has 0 amide bonds. The van der Waals surface area contributed by atoms with Crippen LogP contribution in [-0.4, -0.2) is 19.0 Å². The monoisotopic (exact) mass is 206 g/mol. The number of ketones is 1. The Morgan fingerprint density at radius 3 is 2.36 bits per heavy atom. The third kappa shape index (κ3) is 0.715. The molecule has 0 aromatic rings. The number of carbonyl (C=O) groups is 1. The highest BCUT2D eigenvalue weighted by molar-refractivity contribution is 6.83. The number of rotatable bonds is 0. The van der Waals surface area contributed by atoms with E-state index in [4.69, 9.17) is 0 Å². The first kappa shape index (κ1) is 8.47. The molecule has 2 aliphatic heterocycles. The number of aliphatic hydroxyl groups excluding tert-OH is 1. The van der Waals surface area contributed by atoms with Gasteiger partial charge in [0.2, 0.25) is 0 Å². The third-order valence-electron chi connectivity index (χ3n) is 4.36. The van der Waals surface area contributed by atoms with E-state index in [1.807, 2.05) is 0 Å². The highest BCUT2D eigenvalue weighted by Crippen LogP contribution is 2.63. The summed E-state index contributed by atoms with van der Waals surface area (Å²) in [6, 6.07) is 0. The summed E-state index contributed by atoms with van der Waals surface area (Å²) >= 11 is 0. The quantitative estimate of drug-likeness (QED) is 0.487. The molecule has 74 valence electrons. The molecule has 0 unspecified atom stereocenters. The fourth-order valence-electron chi connectivity index (χ4n) is 3.63. The second kappa shape index (κ2) is 2.22. The maximum absolute atomic E-state index is 11.7. The van der Waals surface area contributed by atoms with Crippen LogP contribution >= 0.6 is 0 Å². The van der Waals surface area contributed by atoms with Crippen LogP contribution in [-0.2, 0) is 4.79 Å². The van der Waals surface area contributed by atoms with E-state index in [0.717, 1.165) is 0 Å². The van der Waals surface area contributed by atoms with E-state index < -0.39 is 8.07 Å². The minimum absolute atomic E-state index is 0.0895. The molecule has 0 aromatic carbocycles. The van der Waals surface area contributed by atoms with Crippen molar-refractivity contribution in [1.29, 1.82) is 0 Å². The summed E-state index contributed by atoms with van der Waals surface area (Å²) in [4.78, 5) is 11.7. The summed E-state index contributed by atoms with van der Waals surface area (Å²) < 4.78 is 0. The fourth-order valence-corrected chi connectivity index (χ4v) is 7.89. The van der Waals surface area contributed by atoms with Gasteiger partial charge in [-0.1, -0.05) is 25.2 Å². The van der Waals surface area contributed by atoms with Crippen molar-refractivity contribution < 1.29 is 9.90 Å². The van der Waals surface area contributed by atoms with Gasteiger partial charge in [0.15, 0.2) is 5.78 Å². The summed E-state index contributed by atoms with van der Waals surface area (Å²) in [5, 5.41) is 9.75. The Bertz CT molecular complexity index is 381. The number of hydrogen-bond donors (Lipinski definition) is 1. The first-order valence-corrected chi connectivity index (χ1v) is 8.31. The zero-order chi connectivity index (χ0) is 10.1. The van der Waals surface area contributed by atoms with Crippen LogP contribution < -0.4 is 0 Å². The van der Waals surface area contributed by atoms with Crippen molar-refractivity contribution in [3.63, 3.8) is 0 Å². The summed E-state index contributed by atoms with van der Waals surface area (Å²) in [6.45, 7) is 4.67. The van der Waals surface area contributed by atoms with Gasteiger partial charge in [-0.05, 0) is 11.1 Å². The molecule has 3 aliphatic rings. The molecule has 2 nitrogen and oxygen atoms in total. The molecule has 0 aromatic heterocycles. The van der Waals surface area contributed by atoms with Gasteiger partial charge in [-0.2, -0.15) is 0 Å². The number of fused-ring (bicyclic) bond motifs is 5. The molecule has 2 bridgehead atoms. The molecule has 1 N–H and O–H groups in total. The molecule has 1 saturated heterocycles. The number of hydrogen-bond acceptors (Lipinski definition) is 2. The Labute approximate surface area is 84.3 Å². The van der Waals surface area contributed by atoms with E-state index >= 15 is 0 Å². The lowest BCUT2D eigenvalue weighted by Gasteiger charge is -2.23. The van der Waals surface area contributed by atoms with Gasteiger partial charge in [0, 0.05) is 17.9 Å². The van der Waals surface area contributed by atoms with E-state index in [2.05, 4.69) is 25.2 Å².